The average molecular weight is 586 g/mol. The molecule has 0 aliphatic heterocycles. The highest BCUT2D eigenvalue weighted by atomic mass is 16.3. The highest BCUT2D eigenvalue weighted by molar-refractivity contribution is 6.26. The Morgan fingerprint density at radius 3 is 1.71 bits per heavy atom. The minimum atomic E-state index is -0.720. The molecule has 1 nitrogen and oxygen atoms in total. The van der Waals surface area contributed by atoms with E-state index >= 15 is 0 Å². The molecule has 0 aliphatic carbocycles. The Hall–Kier alpha value is -5.92. The smallest absolute Gasteiger partial charge is 0.143 e. The summed E-state index contributed by atoms with van der Waals surface area (Å²) in [7, 11) is 0. The van der Waals surface area contributed by atoms with Gasteiger partial charge in [0.1, 0.15) is 11.2 Å². The summed E-state index contributed by atoms with van der Waals surface area (Å²) in [6.07, 6.45) is 0. The summed E-state index contributed by atoms with van der Waals surface area (Å²) < 4.78 is 122. The molecule has 1 aromatic heterocycles. The second-order valence-corrected chi connectivity index (χ2v) is 10.7. The van der Waals surface area contributed by atoms with Crippen molar-refractivity contribution in [1.29, 1.82) is 0 Å². The van der Waals surface area contributed by atoms with Crippen molar-refractivity contribution in [3.05, 3.63) is 170 Å². The first kappa shape index (κ1) is 15.7. The van der Waals surface area contributed by atoms with Gasteiger partial charge in [0, 0.05) is 16.3 Å². The van der Waals surface area contributed by atoms with Gasteiger partial charge in [0.25, 0.3) is 0 Å². The fraction of sp³-hybridized carbons (Fsp3) is 0. The van der Waals surface area contributed by atoms with Crippen LogP contribution in [-0.4, -0.2) is 0 Å². The fourth-order valence-corrected chi connectivity index (χ4v) is 6.30. The van der Waals surface area contributed by atoms with E-state index in [1.54, 1.807) is 18.2 Å². The molecule has 0 bridgehead atoms. The number of benzene rings is 8. The Morgan fingerprint density at radius 2 is 0.978 bits per heavy atom. The number of fused-ring (bicyclic) bond motifs is 5. The monoisotopic (exact) mass is 585 g/mol. The summed E-state index contributed by atoms with van der Waals surface area (Å²) in [5.41, 5.74) is 4.18. The second-order valence-electron chi connectivity index (χ2n) is 10.7. The topological polar surface area (TPSA) is 13.1 Å². The molecule has 0 saturated carbocycles. The molecule has 9 rings (SSSR count). The van der Waals surface area contributed by atoms with Crippen molar-refractivity contribution in [3.8, 4) is 44.5 Å². The molecule has 45 heavy (non-hydrogen) atoms. The summed E-state index contributed by atoms with van der Waals surface area (Å²) in [5, 5.41) is 0.306. The van der Waals surface area contributed by atoms with Crippen LogP contribution < -0.4 is 0 Å². The Morgan fingerprint density at radius 1 is 0.400 bits per heavy atom. The molecule has 0 saturated heterocycles. The van der Waals surface area contributed by atoms with Crippen LogP contribution in [0.15, 0.2) is 174 Å². The summed E-state index contributed by atoms with van der Waals surface area (Å²) in [5.74, 6) is 0. The van der Waals surface area contributed by atoms with Crippen LogP contribution in [0.2, 0.25) is 0 Å². The molecule has 0 N–H and O–H groups in total. The molecule has 210 valence electrons. The molecular weight excluding hydrogens is 544 g/mol. The minimum absolute atomic E-state index is 0.0462. The molecule has 0 radical (unpaired) electrons. The lowest BCUT2D eigenvalue weighted by atomic mass is 9.85. The molecule has 1 heterocycles. The van der Waals surface area contributed by atoms with Crippen LogP contribution in [-0.2, 0) is 0 Å². The van der Waals surface area contributed by atoms with Crippen molar-refractivity contribution >= 4 is 43.5 Å². The van der Waals surface area contributed by atoms with Crippen LogP contribution in [0.3, 0.4) is 0 Å². The lowest BCUT2D eigenvalue weighted by molar-refractivity contribution is 0.670. The molecule has 0 amide bonds. The maximum atomic E-state index is 9.36. The van der Waals surface area contributed by atoms with Gasteiger partial charge in [0.05, 0.1) is 17.8 Å². The van der Waals surface area contributed by atoms with Gasteiger partial charge in [0.2, 0.25) is 0 Å². The van der Waals surface area contributed by atoms with Gasteiger partial charge < -0.3 is 4.42 Å². The van der Waals surface area contributed by atoms with E-state index in [9.17, 15) is 5.48 Å². The SMILES string of the molecule is [2H]c1c([2H])c([2H])c(-c2c3c([2H])c([2H])c([2H])c([2H])c3c(-c3cccc4oc5c(-c6cccc(-c7ccccc7)c6)cccc5c34)c3c([2H])c([2H])c([2H])c([2H])c23)c([2H])c1[2H]. The van der Waals surface area contributed by atoms with Gasteiger partial charge in [-0.05, 0) is 72.6 Å². The molecule has 0 aliphatic rings. The predicted octanol–water partition coefficient (Wildman–Crippen LogP) is 12.6. The molecule has 8 aromatic carbocycles. The van der Waals surface area contributed by atoms with E-state index in [0.29, 0.717) is 27.5 Å². The molecule has 0 unspecified atom stereocenters. The zero-order chi connectivity index (χ0) is 41.1. The lowest BCUT2D eigenvalue weighted by Gasteiger charge is -2.18. The van der Waals surface area contributed by atoms with E-state index in [1.807, 2.05) is 66.7 Å². The van der Waals surface area contributed by atoms with Crippen molar-refractivity contribution in [3.63, 3.8) is 0 Å². The summed E-state index contributed by atoms with van der Waals surface area (Å²) in [4.78, 5) is 0. The third-order valence-electron chi connectivity index (χ3n) is 8.20. The van der Waals surface area contributed by atoms with Crippen LogP contribution in [0.4, 0.5) is 0 Å². The highest BCUT2D eigenvalue weighted by Gasteiger charge is 2.21. The average Bonchev–Trinajstić information content (AvgIpc) is 3.64. The largest absolute Gasteiger partial charge is 0.455 e. The van der Waals surface area contributed by atoms with E-state index in [2.05, 4.69) is 6.07 Å². The van der Waals surface area contributed by atoms with Gasteiger partial charge in [-0.3, -0.25) is 0 Å². The number of hydrogen-bond donors (Lipinski definition) is 0. The van der Waals surface area contributed by atoms with Crippen molar-refractivity contribution in [1.82, 2.24) is 0 Å². The molecule has 9 aromatic rings. The lowest BCUT2D eigenvalue weighted by Crippen LogP contribution is -1.91. The standard InChI is InChI=1S/C44H28O/c1-3-14-29(15-4-1)31-18-11-19-32(28-31)33-24-12-26-39-43-38(25-13-27-40(43)45-44(33)39)42-36-22-9-7-20-34(36)41(30-16-5-2-6-17-30)35-21-8-10-23-37(35)42/h1-28H/i2D,5D,6D,7D,8D,9D,10D,16D,17D,20D,21D,22D,23D. The van der Waals surface area contributed by atoms with E-state index in [-0.39, 0.29) is 32.7 Å². The molecule has 0 spiro atoms. The number of rotatable bonds is 4. The summed E-state index contributed by atoms with van der Waals surface area (Å²) >= 11 is 0. The first-order valence-electron chi connectivity index (χ1n) is 20.9. The molecule has 1 heteroatoms. The van der Waals surface area contributed by atoms with Crippen molar-refractivity contribution in [2.24, 2.45) is 0 Å². The molecular formula is C44H28O. The summed E-state index contributed by atoms with van der Waals surface area (Å²) in [6.45, 7) is 0. The fourth-order valence-electron chi connectivity index (χ4n) is 6.30. The van der Waals surface area contributed by atoms with Crippen LogP contribution in [0.25, 0.3) is 88.0 Å². The zero-order valence-corrected chi connectivity index (χ0v) is 23.6. The second kappa shape index (κ2) is 10.4. The van der Waals surface area contributed by atoms with E-state index < -0.39 is 84.1 Å². The Balaban J connectivity index is 1.49. The maximum Gasteiger partial charge on any atom is 0.143 e. The third-order valence-corrected chi connectivity index (χ3v) is 8.20. The highest BCUT2D eigenvalue weighted by Crippen LogP contribution is 2.47. The predicted molar refractivity (Wildman–Crippen MR) is 190 cm³/mol. The van der Waals surface area contributed by atoms with Crippen LogP contribution in [0.5, 0.6) is 0 Å². The Bertz CT molecular complexity index is 3150. The zero-order valence-electron chi connectivity index (χ0n) is 36.6. The van der Waals surface area contributed by atoms with Gasteiger partial charge in [-0.2, -0.15) is 0 Å². The quantitative estimate of drug-likeness (QED) is 0.187. The number of hydrogen-bond acceptors (Lipinski definition) is 1. The van der Waals surface area contributed by atoms with E-state index in [0.717, 1.165) is 22.3 Å². The van der Waals surface area contributed by atoms with Crippen molar-refractivity contribution in [2.75, 3.05) is 0 Å². The molecule has 0 atom stereocenters. The first-order valence-corrected chi connectivity index (χ1v) is 14.4. The van der Waals surface area contributed by atoms with E-state index in [1.165, 1.54) is 0 Å². The van der Waals surface area contributed by atoms with Crippen LogP contribution >= 0.6 is 0 Å². The Kier molecular flexibility index (Phi) is 3.62. The van der Waals surface area contributed by atoms with Crippen molar-refractivity contribution in [2.45, 2.75) is 0 Å². The molecule has 0 fully saturated rings. The summed E-state index contributed by atoms with van der Waals surface area (Å²) in [6, 6.07) is 20.3. The Labute approximate surface area is 279 Å². The van der Waals surface area contributed by atoms with Crippen LogP contribution in [0, 0.1) is 0 Å². The third kappa shape index (κ3) is 4.09. The number of para-hydroxylation sites is 1. The van der Waals surface area contributed by atoms with Gasteiger partial charge in [-0.25, -0.2) is 0 Å². The van der Waals surface area contributed by atoms with Gasteiger partial charge in [-0.15, -0.1) is 0 Å². The van der Waals surface area contributed by atoms with Crippen LogP contribution in [0.1, 0.15) is 17.8 Å². The van der Waals surface area contributed by atoms with Gasteiger partial charge in [-0.1, -0.05) is 157 Å². The normalized spacial score (nSPS) is 15.6. The van der Waals surface area contributed by atoms with E-state index in [4.69, 9.17) is 16.8 Å². The van der Waals surface area contributed by atoms with Gasteiger partial charge in [0.15, 0.2) is 0 Å². The minimum Gasteiger partial charge on any atom is -0.455 e. The maximum absolute atomic E-state index is 9.36. The first-order chi connectivity index (χ1) is 27.7. The van der Waals surface area contributed by atoms with Crippen molar-refractivity contribution < 1.29 is 22.2 Å². The van der Waals surface area contributed by atoms with Gasteiger partial charge >= 0.3 is 0 Å². The number of furan rings is 1.